The van der Waals surface area contributed by atoms with E-state index in [-0.39, 0.29) is 16.8 Å². The number of phenols is 2. The van der Waals surface area contributed by atoms with Crippen molar-refractivity contribution < 1.29 is 46.8 Å². The summed E-state index contributed by atoms with van der Waals surface area (Å²) in [7, 11) is 0. The van der Waals surface area contributed by atoms with Crippen LogP contribution >= 0.6 is 0 Å². The molecule has 0 unspecified atom stereocenters. The van der Waals surface area contributed by atoms with Gasteiger partial charge in [-0.3, -0.25) is 9.98 Å². The number of aliphatic imine (C=N–C) groups is 2. The number of aliphatic carboxylic acids is 2. The minimum Gasteiger partial charge on any atom is -0.550 e. The van der Waals surface area contributed by atoms with Crippen LogP contribution in [0.1, 0.15) is 101 Å². The molecule has 0 heterocycles. The summed E-state index contributed by atoms with van der Waals surface area (Å²) in [6.07, 6.45) is 4.99. The van der Waals surface area contributed by atoms with Crippen LogP contribution in [0.25, 0.3) is 0 Å². The van der Waals surface area contributed by atoms with Crippen LogP contribution in [-0.4, -0.2) is 34.6 Å². The number of benzene rings is 3. The molecule has 3 rings (SSSR count). The first-order chi connectivity index (χ1) is 19.7. The number of hydrogen-bond acceptors (Lipinski definition) is 8. The fourth-order valence-corrected chi connectivity index (χ4v) is 3.80. The number of hydrogen-bond donors (Lipinski definition) is 2. The Morgan fingerprint density at radius 3 is 1.21 bits per heavy atom. The van der Waals surface area contributed by atoms with Crippen LogP contribution in [0.15, 0.2) is 58.5 Å². The number of carbonyl (C=O) groups excluding carboxylic acids is 2. The third-order valence-electron chi connectivity index (χ3n) is 6.13. The van der Waals surface area contributed by atoms with Crippen LogP contribution < -0.4 is 10.2 Å². The van der Waals surface area contributed by atoms with E-state index < -0.39 is 11.9 Å². The zero-order valence-electron chi connectivity index (χ0n) is 26.1. The summed E-state index contributed by atoms with van der Waals surface area (Å²) in [4.78, 5) is 26.9. The molecule has 0 aliphatic carbocycles. The molecule has 3 aromatic carbocycles. The maximum Gasteiger partial charge on any atom is 2.00 e. The molecule has 0 atom stereocenters. The van der Waals surface area contributed by atoms with E-state index in [9.17, 15) is 10.2 Å². The van der Waals surface area contributed by atoms with Gasteiger partial charge >= 0.3 is 16.8 Å². The molecule has 0 saturated heterocycles. The number of carbonyl (C=O) groups is 2. The molecule has 0 aliphatic heterocycles. The van der Waals surface area contributed by atoms with Crippen LogP contribution in [0, 0.1) is 0 Å². The molecule has 233 valence electrons. The molecule has 1 radical (unpaired) electrons. The summed E-state index contributed by atoms with van der Waals surface area (Å²) >= 11 is 0. The van der Waals surface area contributed by atoms with Crippen LogP contribution in [0.4, 0.5) is 11.4 Å². The second kappa shape index (κ2) is 19.3. The summed E-state index contributed by atoms with van der Waals surface area (Å²) in [5, 5.41) is 38.9. The predicted molar refractivity (Wildman–Crippen MR) is 165 cm³/mol. The number of nitrogens with zero attached hydrogens (tertiary/aromatic N) is 2. The summed E-state index contributed by atoms with van der Waals surface area (Å²) < 4.78 is 0. The molecule has 9 heteroatoms. The van der Waals surface area contributed by atoms with Crippen molar-refractivity contribution in [1.82, 2.24) is 0 Å². The normalized spacial score (nSPS) is 10.7. The van der Waals surface area contributed by atoms with Gasteiger partial charge in [-0.1, -0.05) is 53.7 Å². The summed E-state index contributed by atoms with van der Waals surface area (Å²) in [5.41, 5.74) is 7.29. The minimum absolute atomic E-state index is 0. The van der Waals surface area contributed by atoms with Crippen LogP contribution in [0.5, 0.6) is 11.5 Å². The number of aromatic hydroxyl groups is 2. The second-order valence-electron chi connectivity index (χ2n) is 10.3. The summed E-state index contributed by atoms with van der Waals surface area (Å²) in [6, 6.07) is 15.7. The quantitative estimate of drug-likeness (QED) is 0.314. The SMILES string of the molecule is CC(=O)[O-].CC(=O)[O-].CCc1cc(C(C)C)cc(C=Nc2ccc(N=Cc3cc(C(C)C)cc(CC)c3O)cc2)c1O.[Co+2]. The van der Waals surface area contributed by atoms with Gasteiger partial charge in [-0.15, -0.1) is 0 Å². The van der Waals surface area contributed by atoms with Gasteiger partial charge in [0.25, 0.3) is 0 Å². The Morgan fingerprint density at radius 1 is 0.698 bits per heavy atom. The maximum absolute atomic E-state index is 10.6. The third-order valence-corrected chi connectivity index (χ3v) is 6.13. The average Bonchev–Trinajstić information content (AvgIpc) is 2.91. The Kier molecular flexibility index (Phi) is 17.5. The number of carboxylic acids is 2. The monoisotopic (exact) mass is 633 g/mol. The van der Waals surface area contributed by atoms with Gasteiger partial charge in [0, 0.05) is 35.5 Å². The standard InChI is InChI=1S/C30H36N2O2.2C2H4O2.Co/c1-7-21-13-23(19(3)4)15-25(29(21)33)17-31-27-9-11-28(12-10-27)32-18-26-16-24(20(5)6)14-22(8-2)30(26)34;2*1-2(3)4;/h9-20,33-34H,7-8H2,1-6H3;2*1H3,(H,3,4);/q;;;+2/p-2. The van der Waals surface area contributed by atoms with Crippen LogP contribution in [-0.2, 0) is 39.2 Å². The molecule has 43 heavy (non-hydrogen) atoms. The molecule has 2 N–H and O–H groups in total. The Morgan fingerprint density at radius 2 is 0.977 bits per heavy atom. The number of carboxylic acid groups (broad SMARTS) is 2. The predicted octanol–water partition coefficient (Wildman–Crippen LogP) is 5.48. The zero-order valence-corrected chi connectivity index (χ0v) is 27.1. The molecular weight excluding hydrogens is 591 g/mol. The van der Waals surface area contributed by atoms with E-state index in [1.165, 1.54) is 11.1 Å². The first kappa shape index (κ1) is 39.0. The van der Waals surface area contributed by atoms with Crippen LogP contribution in [0.3, 0.4) is 0 Å². The van der Waals surface area contributed by atoms with Gasteiger partial charge in [0.1, 0.15) is 11.5 Å². The van der Waals surface area contributed by atoms with Gasteiger partial charge in [0.15, 0.2) is 0 Å². The smallest absolute Gasteiger partial charge is 0.550 e. The van der Waals surface area contributed by atoms with E-state index in [1.54, 1.807) is 12.4 Å². The van der Waals surface area contributed by atoms with E-state index in [2.05, 4.69) is 49.8 Å². The van der Waals surface area contributed by atoms with Crippen LogP contribution in [0.2, 0.25) is 0 Å². The molecule has 0 aromatic heterocycles. The van der Waals surface area contributed by atoms with E-state index in [4.69, 9.17) is 19.8 Å². The number of aryl methyl sites for hydroxylation is 2. The van der Waals surface area contributed by atoms with Crippen molar-refractivity contribution in [3.8, 4) is 11.5 Å². The molecule has 0 fully saturated rings. The van der Waals surface area contributed by atoms with E-state index in [0.29, 0.717) is 23.3 Å². The average molecular weight is 634 g/mol. The molecule has 0 spiro atoms. The molecular formula is C34H42CoN2O6. The Labute approximate surface area is 265 Å². The first-order valence-electron chi connectivity index (χ1n) is 13.9. The van der Waals surface area contributed by atoms with Crippen molar-refractivity contribution in [3.05, 3.63) is 81.9 Å². The van der Waals surface area contributed by atoms with Crippen molar-refractivity contribution in [2.45, 2.75) is 80.1 Å². The second-order valence-corrected chi connectivity index (χ2v) is 10.3. The Balaban J connectivity index is 0.00000174. The topological polar surface area (TPSA) is 145 Å². The van der Waals surface area contributed by atoms with Crippen molar-refractivity contribution in [3.63, 3.8) is 0 Å². The van der Waals surface area contributed by atoms with Crippen molar-refractivity contribution >= 4 is 35.7 Å². The van der Waals surface area contributed by atoms with Crippen molar-refractivity contribution in [2.75, 3.05) is 0 Å². The van der Waals surface area contributed by atoms with Gasteiger partial charge in [-0.25, -0.2) is 0 Å². The Hall–Kier alpha value is -3.95. The number of phenolic OH excluding ortho intramolecular Hbond substituents is 2. The molecule has 0 bridgehead atoms. The van der Waals surface area contributed by atoms with Gasteiger partial charge in [-0.2, -0.15) is 0 Å². The first-order valence-corrected chi connectivity index (χ1v) is 13.9. The largest absolute Gasteiger partial charge is 2.00 e. The van der Waals surface area contributed by atoms with Gasteiger partial charge in [-0.05, 0) is 97.2 Å². The minimum atomic E-state index is -1.08. The van der Waals surface area contributed by atoms with Gasteiger partial charge in [0.05, 0.1) is 11.4 Å². The number of rotatable bonds is 8. The van der Waals surface area contributed by atoms with Crippen molar-refractivity contribution in [2.24, 2.45) is 9.98 Å². The molecule has 8 nitrogen and oxygen atoms in total. The molecule has 0 amide bonds. The fraction of sp³-hybridized carbons (Fsp3) is 0.353. The van der Waals surface area contributed by atoms with E-state index in [0.717, 1.165) is 60.3 Å². The van der Waals surface area contributed by atoms with E-state index in [1.807, 2.05) is 50.2 Å². The van der Waals surface area contributed by atoms with Gasteiger partial charge in [0.2, 0.25) is 0 Å². The van der Waals surface area contributed by atoms with Crippen molar-refractivity contribution in [1.29, 1.82) is 0 Å². The molecule has 0 aliphatic rings. The maximum atomic E-state index is 10.6. The summed E-state index contributed by atoms with van der Waals surface area (Å²) in [5.74, 6) is -0.813. The Bertz CT molecular complexity index is 1280. The van der Waals surface area contributed by atoms with E-state index >= 15 is 0 Å². The van der Waals surface area contributed by atoms with Gasteiger partial charge < -0.3 is 30.0 Å². The molecule has 0 saturated carbocycles. The summed E-state index contributed by atoms with van der Waals surface area (Å²) in [6.45, 7) is 14.6. The zero-order chi connectivity index (χ0) is 32.0. The molecule has 3 aromatic rings. The third kappa shape index (κ3) is 13.7. The fourth-order valence-electron chi connectivity index (χ4n) is 3.80.